The molecule has 0 bridgehead atoms. The molecule has 0 fully saturated rings. The zero-order valence-corrected chi connectivity index (χ0v) is 15.8. The predicted molar refractivity (Wildman–Crippen MR) is 109 cm³/mol. The highest BCUT2D eigenvalue weighted by Crippen LogP contribution is 2.28. The number of halogens is 1. The van der Waals surface area contributed by atoms with E-state index < -0.39 is 0 Å². The summed E-state index contributed by atoms with van der Waals surface area (Å²) in [7, 11) is 1.53. The molecule has 0 aliphatic heterocycles. The summed E-state index contributed by atoms with van der Waals surface area (Å²) in [5, 5.41) is 6.65. The SMILES string of the molecule is COc1ccc(Cl)cc1NC(=O)c1ccc(NC(C)c2ccccc2)cn1. The summed E-state index contributed by atoms with van der Waals surface area (Å²) in [6.07, 6.45) is 1.64. The molecule has 1 unspecified atom stereocenters. The van der Waals surface area contributed by atoms with Gasteiger partial charge in [0.05, 0.1) is 24.7 Å². The number of carbonyl (C=O) groups is 1. The molecule has 0 spiro atoms. The molecule has 2 aromatic carbocycles. The zero-order valence-electron chi connectivity index (χ0n) is 15.1. The van der Waals surface area contributed by atoms with Crippen LogP contribution in [0.5, 0.6) is 5.75 Å². The molecule has 3 aromatic rings. The van der Waals surface area contributed by atoms with Gasteiger partial charge >= 0.3 is 0 Å². The van der Waals surface area contributed by atoms with Crippen LogP contribution in [0.4, 0.5) is 11.4 Å². The number of aromatic nitrogens is 1. The van der Waals surface area contributed by atoms with Gasteiger partial charge in [0.2, 0.25) is 0 Å². The Labute approximate surface area is 163 Å². The van der Waals surface area contributed by atoms with Gasteiger partial charge in [0.25, 0.3) is 5.91 Å². The van der Waals surface area contributed by atoms with Gasteiger partial charge in [-0.2, -0.15) is 0 Å². The van der Waals surface area contributed by atoms with E-state index in [1.54, 1.807) is 30.5 Å². The molecule has 5 nitrogen and oxygen atoms in total. The van der Waals surface area contributed by atoms with Gasteiger partial charge in [0.1, 0.15) is 11.4 Å². The molecule has 138 valence electrons. The molecule has 1 amide bonds. The van der Waals surface area contributed by atoms with E-state index in [4.69, 9.17) is 16.3 Å². The fourth-order valence-corrected chi connectivity index (χ4v) is 2.82. The zero-order chi connectivity index (χ0) is 19.2. The van der Waals surface area contributed by atoms with Gasteiger partial charge in [0.15, 0.2) is 0 Å². The highest BCUT2D eigenvalue weighted by molar-refractivity contribution is 6.31. The van der Waals surface area contributed by atoms with E-state index in [1.807, 2.05) is 24.3 Å². The maximum absolute atomic E-state index is 12.5. The molecule has 3 rings (SSSR count). The Kier molecular flexibility index (Phi) is 5.94. The molecule has 27 heavy (non-hydrogen) atoms. The Hall–Kier alpha value is -3.05. The first kappa shape index (κ1) is 18.7. The highest BCUT2D eigenvalue weighted by atomic mass is 35.5. The fourth-order valence-electron chi connectivity index (χ4n) is 2.65. The lowest BCUT2D eigenvalue weighted by atomic mass is 10.1. The molecule has 1 atom stereocenters. The van der Waals surface area contributed by atoms with E-state index in [0.29, 0.717) is 22.2 Å². The van der Waals surface area contributed by atoms with Crippen LogP contribution in [0.3, 0.4) is 0 Å². The maximum Gasteiger partial charge on any atom is 0.274 e. The van der Waals surface area contributed by atoms with Gasteiger partial charge in [0, 0.05) is 11.1 Å². The van der Waals surface area contributed by atoms with E-state index in [-0.39, 0.29) is 11.9 Å². The van der Waals surface area contributed by atoms with Crippen molar-refractivity contribution in [3.8, 4) is 5.75 Å². The van der Waals surface area contributed by atoms with Crippen LogP contribution in [0.15, 0.2) is 66.9 Å². The summed E-state index contributed by atoms with van der Waals surface area (Å²) in [6, 6.07) is 18.8. The third kappa shape index (κ3) is 4.77. The van der Waals surface area contributed by atoms with Crippen LogP contribution in [0.2, 0.25) is 5.02 Å². The van der Waals surface area contributed by atoms with Gasteiger partial charge in [-0.15, -0.1) is 0 Å². The third-order valence-corrected chi connectivity index (χ3v) is 4.32. The number of hydrogen-bond donors (Lipinski definition) is 2. The molecular formula is C21H20ClN3O2. The van der Waals surface area contributed by atoms with Crippen LogP contribution in [0, 0.1) is 0 Å². The number of carbonyl (C=O) groups excluding carboxylic acids is 1. The summed E-state index contributed by atoms with van der Waals surface area (Å²) < 4.78 is 5.24. The molecular weight excluding hydrogens is 362 g/mol. The molecule has 6 heteroatoms. The summed E-state index contributed by atoms with van der Waals surface area (Å²) in [5.74, 6) is 0.195. The van der Waals surface area contributed by atoms with E-state index in [0.717, 1.165) is 5.69 Å². The summed E-state index contributed by atoms with van der Waals surface area (Å²) >= 11 is 5.99. The monoisotopic (exact) mass is 381 g/mol. The Morgan fingerprint density at radius 3 is 2.56 bits per heavy atom. The number of methoxy groups -OCH3 is 1. The number of pyridine rings is 1. The van der Waals surface area contributed by atoms with E-state index in [1.165, 1.54) is 12.7 Å². The second kappa shape index (κ2) is 8.56. The Morgan fingerprint density at radius 2 is 1.89 bits per heavy atom. The van der Waals surface area contributed by atoms with Crippen molar-refractivity contribution in [2.45, 2.75) is 13.0 Å². The largest absolute Gasteiger partial charge is 0.495 e. The van der Waals surface area contributed by atoms with Crippen LogP contribution < -0.4 is 15.4 Å². The molecule has 0 radical (unpaired) electrons. The average Bonchev–Trinajstić information content (AvgIpc) is 2.69. The number of benzene rings is 2. The first-order chi connectivity index (χ1) is 13.1. The molecule has 0 aliphatic carbocycles. The minimum absolute atomic E-state index is 0.128. The number of rotatable bonds is 6. The molecule has 0 aliphatic rings. The van der Waals surface area contributed by atoms with Crippen LogP contribution in [-0.4, -0.2) is 18.0 Å². The number of anilines is 2. The van der Waals surface area contributed by atoms with Crippen molar-refractivity contribution in [3.63, 3.8) is 0 Å². The lowest BCUT2D eigenvalue weighted by Gasteiger charge is -2.15. The van der Waals surface area contributed by atoms with Gasteiger partial charge in [-0.3, -0.25) is 4.79 Å². The van der Waals surface area contributed by atoms with Crippen LogP contribution in [-0.2, 0) is 0 Å². The standard InChI is InChI=1S/C21H20ClN3O2/c1-14(15-6-4-3-5-7-15)24-17-9-10-18(23-13-17)21(26)25-19-12-16(22)8-11-20(19)27-2/h3-14,24H,1-2H3,(H,25,26). The van der Waals surface area contributed by atoms with Crippen LogP contribution in [0.1, 0.15) is 29.0 Å². The first-order valence-corrected chi connectivity index (χ1v) is 8.87. The average molecular weight is 382 g/mol. The fraction of sp³-hybridized carbons (Fsp3) is 0.143. The number of hydrogen-bond acceptors (Lipinski definition) is 4. The second-order valence-corrected chi connectivity index (χ2v) is 6.44. The first-order valence-electron chi connectivity index (χ1n) is 8.49. The lowest BCUT2D eigenvalue weighted by molar-refractivity contribution is 0.102. The number of ether oxygens (including phenoxy) is 1. The highest BCUT2D eigenvalue weighted by Gasteiger charge is 2.12. The van der Waals surface area contributed by atoms with Crippen molar-refractivity contribution in [1.82, 2.24) is 4.98 Å². The quantitative estimate of drug-likeness (QED) is 0.618. The van der Waals surface area contributed by atoms with E-state index in [2.05, 4.69) is 34.7 Å². The number of amides is 1. The van der Waals surface area contributed by atoms with E-state index >= 15 is 0 Å². The van der Waals surface area contributed by atoms with Gasteiger partial charge < -0.3 is 15.4 Å². The second-order valence-electron chi connectivity index (χ2n) is 6.01. The summed E-state index contributed by atoms with van der Waals surface area (Å²) in [6.45, 7) is 2.07. The normalized spacial score (nSPS) is 11.5. The Bertz CT molecular complexity index is 914. The van der Waals surface area contributed by atoms with Crippen molar-refractivity contribution in [2.75, 3.05) is 17.7 Å². The lowest BCUT2D eigenvalue weighted by Crippen LogP contribution is -2.14. The van der Waals surface area contributed by atoms with Gasteiger partial charge in [-0.05, 0) is 42.8 Å². The predicted octanol–water partition coefficient (Wildman–Crippen LogP) is 5.17. The van der Waals surface area contributed by atoms with E-state index in [9.17, 15) is 4.79 Å². The van der Waals surface area contributed by atoms with Crippen molar-refractivity contribution in [1.29, 1.82) is 0 Å². The number of nitrogens with one attached hydrogen (secondary N) is 2. The maximum atomic E-state index is 12.5. The summed E-state index contributed by atoms with van der Waals surface area (Å²) in [4.78, 5) is 16.7. The molecule has 1 heterocycles. The van der Waals surface area contributed by atoms with Crippen LogP contribution in [0.25, 0.3) is 0 Å². The minimum Gasteiger partial charge on any atom is -0.495 e. The third-order valence-electron chi connectivity index (χ3n) is 4.09. The van der Waals surface area contributed by atoms with Crippen molar-refractivity contribution in [2.24, 2.45) is 0 Å². The number of nitrogens with zero attached hydrogens (tertiary/aromatic N) is 1. The van der Waals surface area contributed by atoms with Gasteiger partial charge in [-0.1, -0.05) is 41.9 Å². The minimum atomic E-state index is -0.335. The molecule has 2 N–H and O–H groups in total. The topological polar surface area (TPSA) is 63.2 Å². The molecule has 1 aromatic heterocycles. The Morgan fingerprint density at radius 1 is 1.11 bits per heavy atom. The van der Waals surface area contributed by atoms with Crippen LogP contribution >= 0.6 is 11.6 Å². The van der Waals surface area contributed by atoms with Crippen molar-refractivity contribution < 1.29 is 9.53 Å². The van der Waals surface area contributed by atoms with Gasteiger partial charge in [-0.25, -0.2) is 4.98 Å². The summed E-state index contributed by atoms with van der Waals surface area (Å²) in [5.41, 5.74) is 2.81. The molecule has 0 saturated carbocycles. The van der Waals surface area contributed by atoms with Crippen molar-refractivity contribution in [3.05, 3.63) is 83.1 Å². The molecule has 0 saturated heterocycles. The van der Waals surface area contributed by atoms with Crippen molar-refractivity contribution >= 4 is 28.9 Å². The smallest absolute Gasteiger partial charge is 0.274 e. The Balaban J connectivity index is 1.68.